The summed E-state index contributed by atoms with van der Waals surface area (Å²) in [6, 6.07) is 15.7. The van der Waals surface area contributed by atoms with Crippen LogP contribution < -0.4 is 10.0 Å². The van der Waals surface area contributed by atoms with Crippen LogP contribution in [0, 0.1) is 5.82 Å². The number of hydrogen-bond acceptors (Lipinski definition) is 3. The Bertz CT molecular complexity index is 690. The van der Waals surface area contributed by atoms with E-state index in [4.69, 9.17) is 0 Å². The van der Waals surface area contributed by atoms with Crippen molar-refractivity contribution in [3.8, 4) is 0 Å². The van der Waals surface area contributed by atoms with Gasteiger partial charge >= 0.3 is 0 Å². The van der Waals surface area contributed by atoms with E-state index in [0.717, 1.165) is 5.56 Å². The van der Waals surface area contributed by atoms with Gasteiger partial charge in [-0.1, -0.05) is 48.5 Å². The lowest BCUT2D eigenvalue weighted by molar-refractivity contribution is 0.572. The molecule has 2 rings (SSSR count). The first-order chi connectivity index (χ1) is 10.6. The topological polar surface area (TPSA) is 58.2 Å². The quantitative estimate of drug-likeness (QED) is 0.731. The van der Waals surface area contributed by atoms with Crippen molar-refractivity contribution in [3.63, 3.8) is 0 Å². The summed E-state index contributed by atoms with van der Waals surface area (Å²) in [5, 5.41) is 2.94. The Balaban J connectivity index is 1.72. The predicted octanol–water partition coefficient (Wildman–Crippen LogP) is 2.03. The second-order valence-corrected chi connectivity index (χ2v) is 6.82. The zero-order valence-electron chi connectivity index (χ0n) is 12.1. The first-order valence-electron chi connectivity index (χ1n) is 7.02. The van der Waals surface area contributed by atoms with Crippen LogP contribution in [0.4, 0.5) is 4.39 Å². The van der Waals surface area contributed by atoms with E-state index < -0.39 is 10.0 Å². The van der Waals surface area contributed by atoms with Crippen LogP contribution in [-0.4, -0.2) is 20.7 Å². The fraction of sp³-hybridized carbons (Fsp3) is 0.250. The summed E-state index contributed by atoms with van der Waals surface area (Å²) in [6.45, 7) is 0.843. The van der Waals surface area contributed by atoms with Gasteiger partial charge in [0.1, 0.15) is 5.82 Å². The summed E-state index contributed by atoms with van der Waals surface area (Å²) in [7, 11) is -3.35. The van der Waals surface area contributed by atoms with Gasteiger partial charge in [0, 0.05) is 25.2 Å². The van der Waals surface area contributed by atoms with Gasteiger partial charge in [0.2, 0.25) is 10.0 Å². The van der Waals surface area contributed by atoms with Gasteiger partial charge in [-0.15, -0.1) is 0 Å². The molecule has 0 atom stereocenters. The van der Waals surface area contributed by atoms with Gasteiger partial charge in [-0.3, -0.25) is 0 Å². The van der Waals surface area contributed by atoms with Crippen LogP contribution in [0.5, 0.6) is 0 Å². The van der Waals surface area contributed by atoms with Crippen molar-refractivity contribution in [2.24, 2.45) is 0 Å². The minimum absolute atomic E-state index is 0.0473. The molecule has 6 heteroatoms. The van der Waals surface area contributed by atoms with Crippen LogP contribution >= 0.6 is 0 Å². The van der Waals surface area contributed by atoms with Gasteiger partial charge in [0.25, 0.3) is 0 Å². The molecule has 0 heterocycles. The lowest BCUT2D eigenvalue weighted by Crippen LogP contribution is -2.31. The molecule has 0 amide bonds. The molecule has 0 radical (unpaired) electrons. The Morgan fingerprint density at radius 1 is 0.909 bits per heavy atom. The molecule has 0 bridgehead atoms. The number of benzene rings is 2. The number of hydrogen-bond donors (Lipinski definition) is 2. The fourth-order valence-electron chi connectivity index (χ4n) is 1.93. The smallest absolute Gasteiger partial charge is 0.213 e. The maximum atomic E-state index is 13.4. The van der Waals surface area contributed by atoms with Gasteiger partial charge in [-0.2, -0.15) is 0 Å². The minimum Gasteiger partial charge on any atom is -0.312 e. The largest absolute Gasteiger partial charge is 0.312 e. The number of rotatable bonds is 8. The Kier molecular flexibility index (Phi) is 6.06. The third-order valence-corrected chi connectivity index (χ3v) is 4.49. The van der Waals surface area contributed by atoms with Crippen molar-refractivity contribution in [2.75, 3.05) is 12.3 Å². The lowest BCUT2D eigenvalue weighted by atomic mass is 10.2. The summed E-state index contributed by atoms with van der Waals surface area (Å²) < 4.78 is 39.6. The maximum Gasteiger partial charge on any atom is 0.213 e. The zero-order valence-corrected chi connectivity index (χ0v) is 12.9. The highest BCUT2D eigenvalue weighted by Crippen LogP contribution is 2.05. The molecule has 0 aliphatic heterocycles. The first-order valence-corrected chi connectivity index (χ1v) is 8.67. The van der Waals surface area contributed by atoms with Gasteiger partial charge < -0.3 is 5.32 Å². The number of sulfonamides is 1. The summed E-state index contributed by atoms with van der Waals surface area (Å²) in [6.07, 6.45) is 0. The van der Waals surface area contributed by atoms with Crippen molar-refractivity contribution in [1.82, 2.24) is 10.0 Å². The molecule has 0 fully saturated rings. The minimum atomic E-state index is -3.35. The number of halogens is 1. The van der Waals surface area contributed by atoms with E-state index >= 15 is 0 Å². The molecule has 0 aliphatic rings. The molecule has 2 aromatic rings. The Morgan fingerprint density at radius 2 is 1.59 bits per heavy atom. The second kappa shape index (κ2) is 8.03. The molecule has 0 aliphatic carbocycles. The van der Waals surface area contributed by atoms with Crippen molar-refractivity contribution in [1.29, 1.82) is 0 Å². The molecule has 0 spiro atoms. The Labute approximate surface area is 130 Å². The third kappa shape index (κ3) is 5.55. The van der Waals surface area contributed by atoms with Crippen molar-refractivity contribution < 1.29 is 12.8 Å². The van der Waals surface area contributed by atoms with E-state index in [1.54, 1.807) is 18.2 Å². The normalized spacial score (nSPS) is 11.5. The molecule has 0 saturated heterocycles. The average molecular weight is 322 g/mol. The van der Waals surface area contributed by atoms with E-state index in [2.05, 4.69) is 10.0 Å². The molecule has 22 heavy (non-hydrogen) atoms. The standard InChI is InChI=1S/C16H19FN2O2S/c17-16-9-5-4-8-15(16)13-18-10-11-22(20,21)19-12-14-6-2-1-3-7-14/h1-9,18-19H,10-13H2. The molecule has 2 aromatic carbocycles. The lowest BCUT2D eigenvalue weighted by Gasteiger charge is -2.08. The zero-order chi connectivity index (χ0) is 15.8. The van der Waals surface area contributed by atoms with Crippen LogP contribution in [0.15, 0.2) is 54.6 Å². The van der Waals surface area contributed by atoms with Crippen LogP contribution in [0.25, 0.3) is 0 Å². The van der Waals surface area contributed by atoms with E-state index in [-0.39, 0.29) is 24.7 Å². The maximum absolute atomic E-state index is 13.4. The molecular weight excluding hydrogens is 303 g/mol. The second-order valence-electron chi connectivity index (χ2n) is 4.89. The van der Waals surface area contributed by atoms with E-state index in [1.807, 2.05) is 30.3 Å². The predicted molar refractivity (Wildman–Crippen MR) is 85.2 cm³/mol. The van der Waals surface area contributed by atoms with Crippen LogP contribution in [0.1, 0.15) is 11.1 Å². The monoisotopic (exact) mass is 322 g/mol. The van der Waals surface area contributed by atoms with E-state index in [0.29, 0.717) is 12.1 Å². The highest BCUT2D eigenvalue weighted by molar-refractivity contribution is 7.89. The summed E-state index contributed by atoms with van der Waals surface area (Å²) in [5.74, 6) is -0.339. The van der Waals surface area contributed by atoms with Gasteiger partial charge in [0.15, 0.2) is 0 Å². The molecule has 118 valence electrons. The van der Waals surface area contributed by atoms with Crippen molar-refractivity contribution in [3.05, 3.63) is 71.5 Å². The highest BCUT2D eigenvalue weighted by Gasteiger charge is 2.09. The first kappa shape index (κ1) is 16.6. The van der Waals surface area contributed by atoms with E-state index in [1.165, 1.54) is 6.07 Å². The fourth-order valence-corrected chi connectivity index (χ4v) is 2.88. The average Bonchev–Trinajstić information content (AvgIpc) is 2.52. The third-order valence-electron chi connectivity index (χ3n) is 3.16. The highest BCUT2D eigenvalue weighted by atomic mass is 32.2. The summed E-state index contributed by atoms with van der Waals surface area (Å²) in [5.41, 5.74) is 1.43. The molecule has 0 saturated carbocycles. The Morgan fingerprint density at radius 3 is 2.32 bits per heavy atom. The van der Waals surface area contributed by atoms with Crippen molar-refractivity contribution >= 4 is 10.0 Å². The molecular formula is C16H19FN2O2S. The Hall–Kier alpha value is -1.76. The molecule has 0 unspecified atom stereocenters. The van der Waals surface area contributed by atoms with Gasteiger partial charge in [-0.25, -0.2) is 17.5 Å². The summed E-state index contributed by atoms with van der Waals surface area (Å²) >= 11 is 0. The van der Waals surface area contributed by atoms with Gasteiger partial charge in [-0.05, 0) is 11.6 Å². The molecule has 2 N–H and O–H groups in total. The van der Waals surface area contributed by atoms with Crippen molar-refractivity contribution in [2.45, 2.75) is 13.1 Å². The van der Waals surface area contributed by atoms with Gasteiger partial charge in [0.05, 0.1) is 5.75 Å². The van der Waals surface area contributed by atoms with E-state index in [9.17, 15) is 12.8 Å². The van der Waals surface area contributed by atoms with Crippen LogP contribution in [-0.2, 0) is 23.1 Å². The number of nitrogens with one attached hydrogen (secondary N) is 2. The summed E-state index contributed by atoms with van der Waals surface area (Å²) in [4.78, 5) is 0. The van der Waals surface area contributed by atoms with Crippen LogP contribution in [0.2, 0.25) is 0 Å². The molecule has 0 aromatic heterocycles. The SMILES string of the molecule is O=S(=O)(CCNCc1ccccc1F)NCc1ccccc1. The molecule has 4 nitrogen and oxygen atoms in total. The van der Waals surface area contributed by atoms with Crippen LogP contribution in [0.3, 0.4) is 0 Å².